The zero-order chi connectivity index (χ0) is 15.4. The Labute approximate surface area is 130 Å². The van der Waals surface area contributed by atoms with Gasteiger partial charge >= 0.3 is 0 Å². The van der Waals surface area contributed by atoms with Crippen molar-refractivity contribution >= 4 is 27.7 Å². The molecule has 2 rings (SSSR count). The summed E-state index contributed by atoms with van der Waals surface area (Å²) >= 11 is 3.03. The molecule has 0 saturated carbocycles. The number of morpholine rings is 1. The van der Waals surface area contributed by atoms with Crippen molar-refractivity contribution in [3.63, 3.8) is 0 Å². The summed E-state index contributed by atoms with van der Waals surface area (Å²) in [6.45, 7) is 3.66. The van der Waals surface area contributed by atoms with Crippen LogP contribution in [-0.4, -0.2) is 49.1 Å². The number of halogens is 2. The van der Waals surface area contributed by atoms with E-state index < -0.39 is 17.8 Å². The van der Waals surface area contributed by atoms with Crippen LogP contribution in [0, 0.1) is 5.82 Å². The fraction of sp³-hybridized carbons (Fsp3) is 0.429. The van der Waals surface area contributed by atoms with E-state index in [0.717, 1.165) is 6.07 Å². The third-order valence-corrected chi connectivity index (χ3v) is 3.87. The van der Waals surface area contributed by atoms with Gasteiger partial charge in [-0.05, 0) is 41.1 Å². The van der Waals surface area contributed by atoms with Gasteiger partial charge in [0.25, 0.3) is 5.91 Å². The Morgan fingerprint density at radius 3 is 2.67 bits per heavy atom. The lowest BCUT2D eigenvalue weighted by atomic mass is 10.2. The molecule has 1 fully saturated rings. The number of nitrogens with one attached hydrogen (secondary N) is 1. The smallest absolute Gasteiger partial charge is 0.252 e. The molecule has 21 heavy (non-hydrogen) atoms. The van der Waals surface area contributed by atoms with Gasteiger partial charge < -0.3 is 15.0 Å². The molecule has 1 heterocycles. The molecule has 1 aromatic carbocycles. The molecule has 114 valence electrons. The van der Waals surface area contributed by atoms with Gasteiger partial charge in [-0.2, -0.15) is 0 Å². The summed E-state index contributed by atoms with van der Waals surface area (Å²) in [5.41, 5.74) is 0.178. The predicted molar refractivity (Wildman–Crippen MR) is 78.4 cm³/mol. The second-order valence-corrected chi connectivity index (χ2v) is 5.62. The average Bonchev–Trinajstić information content (AvgIpc) is 2.50. The van der Waals surface area contributed by atoms with E-state index in [4.69, 9.17) is 4.74 Å². The summed E-state index contributed by atoms with van der Waals surface area (Å²) in [5, 5.41) is 2.59. The predicted octanol–water partition coefficient (Wildman–Crippen LogP) is 1.57. The maximum Gasteiger partial charge on any atom is 0.252 e. The maximum atomic E-state index is 13.4. The van der Waals surface area contributed by atoms with Gasteiger partial charge in [-0.3, -0.25) is 9.59 Å². The van der Waals surface area contributed by atoms with E-state index >= 15 is 0 Å². The minimum Gasteiger partial charge on any atom is -0.378 e. The summed E-state index contributed by atoms with van der Waals surface area (Å²) in [6, 6.07) is 3.42. The molecule has 1 atom stereocenters. The highest BCUT2D eigenvalue weighted by atomic mass is 79.9. The van der Waals surface area contributed by atoms with Gasteiger partial charge in [0.1, 0.15) is 11.9 Å². The fourth-order valence-electron chi connectivity index (χ4n) is 2.04. The second kappa shape index (κ2) is 7.00. The van der Waals surface area contributed by atoms with Gasteiger partial charge in [0.05, 0.1) is 17.7 Å². The standard InChI is InChI=1S/C14H16BrFN2O3/c1-9(14(20)18-4-6-21-7-5-18)17-13(19)10-2-3-11(15)12(16)8-10/h2-3,8-9H,4-7H2,1H3,(H,17,19). The molecular weight excluding hydrogens is 343 g/mol. The minimum absolute atomic E-state index is 0.163. The lowest BCUT2D eigenvalue weighted by molar-refractivity contribution is -0.136. The van der Waals surface area contributed by atoms with Gasteiger partial charge in [0.15, 0.2) is 0 Å². The van der Waals surface area contributed by atoms with E-state index in [-0.39, 0.29) is 15.9 Å². The molecular formula is C14H16BrFN2O3. The molecule has 0 bridgehead atoms. The third-order valence-electron chi connectivity index (χ3n) is 3.22. The molecule has 1 unspecified atom stereocenters. The number of ether oxygens (including phenoxy) is 1. The molecule has 1 saturated heterocycles. The molecule has 0 spiro atoms. The first-order valence-corrected chi connectivity index (χ1v) is 7.41. The fourth-order valence-corrected chi connectivity index (χ4v) is 2.28. The van der Waals surface area contributed by atoms with E-state index in [2.05, 4.69) is 21.2 Å². The van der Waals surface area contributed by atoms with Crippen LogP contribution >= 0.6 is 15.9 Å². The van der Waals surface area contributed by atoms with Gasteiger partial charge in [0.2, 0.25) is 5.91 Å². The van der Waals surface area contributed by atoms with Crippen molar-refractivity contribution in [1.29, 1.82) is 0 Å². The van der Waals surface area contributed by atoms with Crippen LogP contribution in [0.1, 0.15) is 17.3 Å². The van der Waals surface area contributed by atoms with Crippen LogP contribution < -0.4 is 5.32 Å². The Kier molecular flexibility index (Phi) is 5.30. The van der Waals surface area contributed by atoms with Crippen molar-refractivity contribution in [3.05, 3.63) is 34.1 Å². The van der Waals surface area contributed by atoms with Crippen LogP contribution in [-0.2, 0) is 9.53 Å². The molecule has 2 amide bonds. The number of rotatable bonds is 3. The van der Waals surface area contributed by atoms with Crippen molar-refractivity contribution < 1.29 is 18.7 Å². The Morgan fingerprint density at radius 2 is 2.05 bits per heavy atom. The summed E-state index contributed by atoms with van der Waals surface area (Å²) in [4.78, 5) is 25.8. The van der Waals surface area contributed by atoms with Crippen LogP contribution in [0.25, 0.3) is 0 Å². The van der Waals surface area contributed by atoms with Crippen LogP contribution in [0.3, 0.4) is 0 Å². The highest BCUT2D eigenvalue weighted by Gasteiger charge is 2.24. The molecule has 0 radical (unpaired) electrons. The number of hydrogen-bond acceptors (Lipinski definition) is 3. The van der Waals surface area contributed by atoms with Crippen molar-refractivity contribution in [2.45, 2.75) is 13.0 Å². The van der Waals surface area contributed by atoms with E-state index in [1.807, 2.05) is 0 Å². The molecule has 7 heteroatoms. The second-order valence-electron chi connectivity index (χ2n) is 4.76. The largest absolute Gasteiger partial charge is 0.378 e. The number of benzene rings is 1. The zero-order valence-corrected chi connectivity index (χ0v) is 13.2. The quantitative estimate of drug-likeness (QED) is 0.891. The molecule has 5 nitrogen and oxygen atoms in total. The molecule has 0 aliphatic carbocycles. The lowest BCUT2D eigenvalue weighted by Gasteiger charge is -2.29. The zero-order valence-electron chi connectivity index (χ0n) is 11.6. The van der Waals surface area contributed by atoms with Crippen molar-refractivity contribution in [1.82, 2.24) is 10.2 Å². The molecule has 0 aromatic heterocycles. The van der Waals surface area contributed by atoms with E-state index in [0.29, 0.717) is 26.3 Å². The van der Waals surface area contributed by atoms with Crippen LogP contribution in [0.5, 0.6) is 0 Å². The number of amides is 2. The summed E-state index contributed by atoms with van der Waals surface area (Å²) in [7, 11) is 0. The first-order valence-electron chi connectivity index (χ1n) is 6.61. The summed E-state index contributed by atoms with van der Waals surface area (Å²) in [5.74, 6) is -1.16. The van der Waals surface area contributed by atoms with Crippen molar-refractivity contribution in [3.8, 4) is 0 Å². The van der Waals surface area contributed by atoms with E-state index in [9.17, 15) is 14.0 Å². The van der Waals surface area contributed by atoms with Crippen LogP contribution in [0.15, 0.2) is 22.7 Å². The number of carbonyl (C=O) groups is 2. The maximum absolute atomic E-state index is 13.4. The summed E-state index contributed by atoms with van der Waals surface area (Å²) in [6.07, 6.45) is 0. The molecule has 1 aromatic rings. The third kappa shape index (κ3) is 4.01. The Morgan fingerprint density at radius 1 is 1.38 bits per heavy atom. The van der Waals surface area contributed by atoms with E-state index in [1.165, 1.54) is 12.1 Å². The first kappa shape index (κ1) is 15.9. The summed E-state index contributed by atoms with van der Waals surface area (Å²) < 4.78 is 18.9. The topological polar surface area (TPSA) is 58.6 Å². The number of nitrogens with zero attached hydrogens (tertiary/aromatic N) is 1. The first-order chi connectivity index (χ1) is 9.99. The lowest BCUT2D eigenvalue weighted by Crippen LogP contribution is -2.50. The minimum atomic E-state index is -0.665. The Balaban J connectivity index is 1.97. The molecule has 1 N–H and O–H groups in total. The van der Waals surface area contributed by atoms with E-state index in [1.54, 1.807) is 11.8 Å². The normalized spacial score (nSPS) is 16.4. The monoisotopic (exact) mass is 358 g/mol. The highest BCUT2D eigenvalue weighted by Crippen LogP contribution is 2.16. The van der Waals surface area contributed by atoms with Gasteiger partial charge in [-0.15, -0.1) is 0 Å². The number of carbonyl (C=O) groups excluding carboxylic acids is 2. The SMILES string of the molecule is CC(NC(=O)c1ccc(Br)c(F)c1)C(=O)N1CCOCC1. The molecule has 1 aliphatic heterocycles. The van der Waals surface area contributed by atoms with Gasteiger partial charge in [0, 0.05) is 18.7 Å². The van der Waals surface area contributed by atoms with Crippen molar-refractivity contribution in [2.24, 2.45) is 0 Å². The Bertz CT molecular complexity index is 547. The highest BCUT2D eigenvalue weighted by molar-refractivity contribution is 9.10. The van der Waals surface area contributed by atoms with Gasteiger partial charge in [-0.1, -0.05) is 0 Å². The Hall–Kier alpha value is -1.47. The number of hydrogen-bond donors (Lipinski definition) is 1. The average molecular weight is 359 g/mol. The van der Waals surface area contributed by atoms with Crippen LogP contribution in [0.2, 0.25) is 0 Å². The molecule has 1 aliphatic rings. The van der Waals surface area contributed by atoms with Gasteiger partial charge in [-0.25, -0.2) is 4.39 Å². The van der Waals surface area contributed by atoms with Crippen LogP contribution in [0.4, 0.5) is 4.39 Å². The van der Waals surface area contributed by atoms with Crippen molar-refractivity contribution in [2.75, 3.05) is 26.3 Å².